The van der Waals surface area contributed by atoms with Crippen LogP contribution < -0.4 is 5.19 Å². The Morgan fingerprint density at radius 3 is 2.29 bits per heavy atom. The monoisotopic (exact) mass is 836 g/mol. The van der Waals surface area contributed by atoms with E-state index in [0.29, 0.717) is 0 Å². The van der Waals surface area contributed by atoms with Crippen molar-refractivity contribution in [1.82, 2.24) is 9.97 Å². The average Bonchev–Trinajstić information content (AvgIpc) is 3.48. The van der Waals surface area contributed by atoms with E-state index >= 15 is 0 Å². The SMILES string of the molecule is C[Si](C)(C)c1ccc(-c2[c-]cccc2)nc1.[2H]C(C)(C)c1ccnc(-c2[c-]c3ccccc3c3c2sc2c4ccc(C)cc4ccc23)c1.[Ir]. The first-order chi connectivity index (χ1) is 23.0. The van der Waals surface area contributed by atoms with Gasteiger partial charge in [-0.05, 0) is 56.2 Å². The number of pyridine rings is 2. The Hall–Kier alpha value is -3.99. The summed E-state index contributed by atoms with van der Waals surface area (Å²) in [6, 6.07) is 42.8. The Labute approximate surface area is 303 Å². The zero-order valence-corrected chi connectivity index (χ0v) is 32.3. The van der Waals surface area contributed by atoms with Crippen molar-refractivity contribution in [2.75, 3.05) is 0 Å². The molecule has 0 saturated heterocycles. The summed E-state index contributed by atoms with van der Waals surface area (Å²) in [4.78, 5) is 9.24. The molecule has 8 rings (SSSR count). The summed E-state index contributed by atoms with van der Waals surface area (Å²) < 4.78 is 11.0. The summed E-state index contributed by atoms with van der Waals surface area (Å²) in [5.41, 5.74) is 6.19. The zero-order valence-electron chi connectivity index (χ0n) is 29.1. The first-order valence-corrected chi connectivity index (χ1v) is 20.4. The molecule has 0 aliphatic carbocycles. The van der Waals surface area contributed by atoms with Gasteiger partial charge in [-0.2, -0.15) is 11.3 Å². The Morgan fingerprint density at radius 1 is 0.771 bits per heavy atom. The van der Waals surface area contributed by atoms with Crippen molar-refractivity contribution in [2.24, 2.45) is 0 Å². The smallest absolute Gasteiger partial charge is 0.0795 e. The van der Waals surface area contributed by atoms with E-state index < -0.39 is 14.0 Å². The predicted octanol–water partition coefficient (Wildman–Crippen LogP) is 11.7. The van der Waals surface area contributed by atoms with Crippen LogP contribution in [0.4, 0.5) is 0 Å². The van der Waals surface area contributed by atoms with Gasteiger partial charge in [0.25, 0.3) is 0 Å². The second-order valence-electron chi connectivity index (χ2n) is 13.4. The van der Waals surface area contributed by atoms with Gasteiger partial charge in [-0.25, -0.2) is 0 Å². The molecule has 0 saturated carbocycles. The number of rotatable bonds is 4. The Kier molecular flexibility index (Phi) is 9.40. The predicted molar refractivity (Wildman–Crippen MR) is 207 cm³/mol. The Bertz CT molecular complexity index is 2430. The maximum absolute atomic E-state index is 8.49. The van der Waals surface area contributed by atoms with Gasteiger partial charge in [-0.1, -0.05) is 122 Å². The minimum absolute atomic E-state index is 0. The molecule has 0 bridgehead atoms. The summed E-state index contributed by atoms with van der Waals surface area (Å²) in [6.07, 6.45) is 3.84. The van der Waals surface area contributed by atoms with Gasteiger partial charge in [0.2, 0.25) is 0 Å². The summed E-state index contributed by atoms with van der Waals surface area (Å²) in [7, 11) is -1.23. The molecule has 48 heavy (non-hydrogen) atoms. The maximum Gasteiger partial charge on any atom is 0.0795 e. The standard InChI is InChI=1S/C29H22NS.C14H16NSi.Ir/c1-17(2)19-12-13-30-26(16-19)25-15-20-6-4-5-7-22(20)27-24-11-9-21-14-18(3)8-10-23(21)28(24)31-29(25)27;1-16(2,3)13-9-10-14(15-11-13)12-7-5-4-6-8-12;/h4-14,16-17H,1-3H3;4-7,9-11H,1-3H3;/q2*-1;/i17D;;. The van der Waals surface area contributed by atoms with Crippen LogP contribution in [0.5, 0.6) is 0 Å². The van der Waals surface area contributed by atoms with Crippen LogP contribution in [0.3, 0.4) is 0 Å². The molecule has 5 heteroatoms. The van der Waals surface area contributed by atoms with Crippen LogP contribution >= 0.6 is 11.3 Å². The van der Waals surface area contributed by atoms with Crippen molar-refractivity contribution in [3.05, 3.63) is 139 Å². The molecule has 8 aromatic rings. The largest absolute Gasteiger partial charge is 0.305 e. The average molecular weight is 836 g/mol. The molecule has 1 radical (unpaired) electrons. The minimum Gasteiger partial charge on any atom is -0.305 e. The fraction of sp³-hybridized carbons (Fsp3) is 0.163. The number of nitrogens with zero attached hydrogens (tertiary/aromatic N) is 2. The third kappa shape index (κ3) is 6.66. The van der Waals surface area contributed by atoms with Gasteiger partial charge in [0.1, 0.15) is 0 Å². The van der Waals surface area contributed by atoms with Crippen LogP contribution in [-0.4, -0.2) is 18.0 Å². The topological polar surface area (TPSA) is 25.8 Å². The molecule has 5 aromatic carbocycles. The molecule has 0 atom stereocenters. The first kappa shape index (κ1) is 32.5. The van der Waals surface area contributed by atoms with Crippen molar-refractivity contribution in [3.8, 4) is 22.5 Å². The van der Waals surface area contributed by atoms with Crippen LogP contribution in [-0.2, 0) is 20.1 Å². The fourth-order valence-electron chi connectivity index (χ4n) is 6.06. The number of benzene rings is 5. The van der Waals surface area contributed by atoms with Gasteiger partial charge in [-0.3, -0.25) is 4.98 Å². The van der Waals surface area contributed by atoms with Crippen molar-refractivity contribution in [1.29, 1.82) is 0 Å². The second-order valence-corrected chi connectivity index (χ2v) is 19.5. The molecular formula is C43H38IrN2SSi-2. The number of fused-ring (bicyclic) bond motifs is 7. The van der Waals surface area contributed by atoms with Gasteiger partial charge >= 0.3 is 0 Å². The van der Waals surface area contributed by atoms with E-state index in [1.54, 1.807) is 0 Å². The van der Waals surface area contributed by atoms with Gasteiger partial charge in [0, 0.05) is 44.3 Å². The van der Waals surface area contributed by atoms with E-state index in [0.717, 1.165) is 33.5 Å². The normalized spacial score (nSPS) is 12.1. The van der Waals surface area contributed by atoms with E-state index in [4.69, 9.17) is 6.35 Å². The molecule has 241 valence electrons. The molecule has 0 aliphatic rings. The van der Waals surface area contributed by atoms with Gasteiger partial charge in [0.15, 0.2) is 0 Å². The molecule has 3 heterocycles. The summed E-state index contributed by atoms with van der Waals surface area (Å²) >= 11 is 1.83. The fourth-order valence-corrected chi connectivity index (χ4v) is 8.45. The molecule has 0 aliphatic heterocycles. The van der Waals surface area contributed by atoms with Crippen LogP contribution in [0.25, 0.3) is 64.2 Å². The summed E-state index contributed by atoms with van der Waals surface area (Å²) in [5, 5.41) is 8.83. The maximum atomic E-state index is 8.49. The number of hydrogen-bond donors (Lipinski definition) is 0. The Balaban J connectivity index is 0.000000208. The van der Waals surface area contributed by atoms with E-state index in [1.165, 1.54) is 47.1 Å². The van der Waals surface area contributed by atoms with Crippen molar-refractivity contribution >= 4 is 66.3 Å². The second kappa shape index (κ2) is 13.9. The van der Waals surface area contributed by atoms with E-state index in [2.05, 4.69) is 116 Å². The summed E-state index contributed by atoms with van der Waals surface area (Å²) in [6.45, 7) is 13.0. The van der Waals surface area contributed by atoms with Crippen molar-refractivity contribution < 1.29 is 21.5 Å². The molecule has 0 spiro atoms. The first-order valence-electron chi connectivity index (χ1n) is 16.6. The van der Waals surface area contributed by atoms with Crippen molar-refractivity contribution in [2.45, 2.75) is 46.3 Å². The van der Waals surface area contributed by atoms with Crippen LogP contribution in [0.1, 0.15) is 32.2 Å². The molecule has 2 nitrogen and oxygen atoms in total. The molecule has 3 aromatic heterocycles. The molecule has 0 N–H and O–H groups in total. The minimum atomic E-state index is -1.23. The molecule has 0 unspecified atom stereocenters. The van der Waals surface area contributed by atoms with Gasteiger partial charge in [-0.15, -0.1) is 53.4 Å². The quantitative estimate of drug-likeness (QED) is 0.130. The number of aromatic nitrogens is 2. The molecular weight excluding hydrogens is 797 g/mol. The van der Waals surface area contributed by atoms with Crippen LogP contribution in [0, 0.1) is 19.1 Å². The number of thiophene rings is 1. The Morgan fingerprint density at radius 2 is 1.56 bits per heavy atom. The number of hydrogen-bond acceptors (Lipinski definition) is 3. The van der Waals surface area contributed by atoms with Gasteiger partial charge in [0.05, 0.1) is 8.07 Å². The van der Waals surface area contributed by atoms with E-state index in [1.807, 2.05) is 67.9 Å². The summed E-state index contributed by atoms with van der Waals surface area (Å²) in [5.74, 6) is -0.679. The van der Waals surface area contributed by atoms with Crippen molar-refractivity contribution in [3.63, 3.8) is 0 Å². The van der Waals surface area contributed by atoms with Crippen LogP contribution in [0.2, 0.25) is 19.6 Å². The third-order valence-corrected chi connectivity index (χ3v) is 12.0. The van der Waals surface area contributed by atoms with Gasteiger partial charge < -0.3 is 4.98 Å². The third-order valence-electron chi connectivity index (χ3n) is 8.72. The van der Waals surface area contributed by atoms with E-state index in [-0.39, 0.29) is 20.1 Å². The van der Waals surface area contributed by atoms with E-state index in [9.17, 15) is 0 Å². The zero-order chi connectivity index (χ0) is 33.6. The molecule has 0 fully saturated rings. The number of aryl methyl sites for hydroxylation is 1. The molecule has 0 amide bonds. The van der Waals surface area contributed by atoms with Crippen LogP contribution in [0.15, 0.2) is 116 Å².